The van der Waals surface area contributed by atoms with E-state index in [0.717, 1.165) is 25.7 Å². The van der Waals surface area contributed by atoms with Crippen molar-refractivity contribution in [2.24, 2.45) is 5.92 Å². The molecule has 1 fully saturated rings. The van der Waals surface area contributed by atoms with Gasteiger partial charge in [0.15, 0.2) is 5.83 Å². The van der Waals surface area contributed by atoms with Gasteiger partial charge in [-0.25, -0.2) is 0 Å². The monoisotopic (exact) mass is 254 g/mol. The summed E-state index contributed by atoms with van der Waals surface area (Å²) >= 11 is 0. The molecule has 0 saturated heterocycles. The van der Waals surface area contributed by atoms with Crippen LogP contribution >= 0.6 is 0 Å². The maximum absolute atomic E-state index is 12.9. The minimum atomic E-state index is -0.665. The number of hydrogen-bond acceptors (Lipinski definition) is 2. The molecular formula is C16H15FN2. The van der Waals surface area contributed by atoms with Gasteiger partial charge >= 0.3 is 0 Å². The number of nitriles is 2. The van der Waals surface area contributed by atoms with Crippen LogP contribution in [-0.2, 0) is 0 Å². The van der Waals surface area contributed by atoms with Gasteiger partial charge in [0, 0.05) is 0 Å². The number of hydrogen-bond donors (Lipinski definition) is 0. The molecule has 1 aliphatic rings. The molecule has 1 aromatic rings. The zero-order valence-electron chi connectivity index (χ0n) is 10.6. The predicted molar refractivity (Wildman–Crippen MR) is 70.7 cm³/mol. The van der Waals surface area contributed by atoms with Crippen molar-refractivity contribution in [3.63, 3.8) is 0 Å². The summed E-state index contributed by atoms with van der Waals surface area (Å²) in [6, 6.07) is 11.3. The van der Waals surface area contributed by atoms with Crippen LogP contribution in [0.15, 0.2) is 36.2 Å². The lowest BCUT2D eigenvalue weighted by molar-refractivity contribution is 0.372. The van der Waals surface area contributed by atoms with Crippen LogP contribution in [-0.4, -0.2) is 0 Å². The molecule has 0 unspecified atom stereocenters. The Morgan fingerprint density at radius 3 is 2.26 bits per heavy atom. The molecule has 0 spiro atoms. The summed E-state index contributed by atoms with van der Waals surface area (Å²) in [7, 11) is 0. The van der Waals surface area contributed by atoms with Gasteiger partial charge in [-0.1, -0.05) is 12.1 Å². The SMILES string of the molecule is N#CC(F)=CC1CCC(c2ccc(C#N)cc2)CC1. The molecule has 2 rings (SSSR count). The fourth-order valence-electron chi connectivity index (χ4n) is 2.69. The van der Waals surface area contributed by atoms with Crippen molar-refractivity contribution < 1.29 is 4.39 Å². The molecular weight excluding hydrogens is 239 g/mol. The molecule has 0 aliphatic heterocycles. The molecule has 2 nitrogen and oxygen atoms in total. The van der Waals surface area contributed by atoms with Gasteiger partial charge in [0.05, 0.1) is 11.6 Å². The zero-order chi connectivity index (χ0) is 13.7. The minimum Gasteiger partial charge on any atom is -0.195 e. The molecule has 0 bridgehead atoms. The highest BCUT2D eigenvalue weighted by Crippen LogP contribution is 2.36. The number of benzene rings is 1. The highest BCUT2D eigenvalue weighted by molar-refractivity contribution is 5.33. The number of rotatable bonds is 2. The van der Waals surface area contributed by atoms with E-state index < -0.39 is 5.83 Å². The minimum absolute atomic E-state index is 0.189. The molecule has 3 heteroatoms. The van der Waals surface area contributed by atoms with Gasteiger partial charge in [-0.3, -0.25) is 0 Å². The van der Waals surface area contributed by atoms with Gasteiger partial charge < -0.3 is 0 Å². The van der Waals surface area contributed by atoms with E-state index in [1.165, 1.54) is 17.7 Å². The van der Waals surface area contributed by atoms with E-state index in [4.69, 9.17) is 10.5 Å². The average molecular weight is 254 g/mol. The summed E-state index contributed by atoms with van der Waals surface area (Å²) in [5.41, 5.74) is 1.93. The summed E-state index contributed by atoms with van der Waals surface area (Å²) in [4.78, 5) is 0. The third-order valence-corrected chi connectivity index (χ3v) is 3.77. The van der Waals surface area contributed by atoms with Gasteiger partial charge in [0.25, 0.3) is 0 Å². The molecule has 1 saturated carbocycles. The maximum Gasteiger partial charge on any atom is 0.196 e. The number of nitrogens with zero attached hydrogens (tertiary/aromatic N) is 2. The Labute approximate surface area is 112 Å². The van der Waals surface area contributed by atoms with E-state index in [2.05, 4.69) is 6.07 Å². The second-order valence-corrected chi connectivity index (χ2v) is 4.97. The summed E-state index contributed by atoms with van der Waals surface area (Å²) < 4.78 is 12.9. The van der Waals surface area contributed by atoms with Crippen molar-refractivity contribution in [1.29, 1.82) is 10.5 Å². The van der Waals surface area contributed by atoms with Gasteiger partial charge in [-0.05, 0) is 61.3 Å². The van der Waals surface area contributed by atoms with Crippen LogP contribution < -0.4 is 0 Å². The van der Waals surface area contributed by atoms with Crippen molar-refractivity contribution in [3.05, 3.63) is 47.3 Å². The van der Waals surface area contributed by atoms with Crippen LogP contribution in [0.3, 0.4) is 0 Å². The topological polar surface area (TPSA) is 47.6 Å². The van der Waals surface area contributed by atoms with Crippen molar-refractivity contribution in [3.8, 4) is 12.1 Å². The number of halogens is 1. The fraction of sp³-hybridized carbons (Fsp3) is 0.375. The molecule has 0 atom stereocenters. The molecule has 0 amide bonds. The fourth-order valence-corrected chi connectivity index (χ4v) is 2.69. The van der Waals surface area contributed by atoms with Crippen molar-refractivity contribution in [1.82, 2.24) is 0 Å². The average Bonchev–Trinajstić information content (AvgIpc) is 2.48. The molecule has 19 heavy (non-hydrogen) atoms. The first-order valence-corrected chi connectivity index (χ1v) is 6.50. The third kappa shape index (κ3) is 3.42. The first-order valence-electron chi connectivity index (χ1n) is 6.50. The van der Waals surface area contributed by atoms with E-state index in [9.17, 15) is 4.39 Å². The lowest BCUT2D eigenvalue weighted by atomic mass is 9.78. The van der Waals surface area contributed by atoms with Crippen LogP contribution in [0.2, 0.25) is 0 Å². The van der Waals surface area contributed by atoms with Gasteiger partial charge in [0.2, 0.25) is 0 Å². The van der Waals surface area contributed by atoms with Crippen LogP contribution in [0.5, 0.6) is 0 Å². The lowest BCUT2D eigenvalue weighted by Crippen LogP contribution is -2.12. The van der Waals surface area contributed by atoms with E-state index in [1.54, 1.807) is 0 Å². The van der Waals surface area contributed by atoms with Crippen molar-refractivity contribution in [2.75, 3.05) is 0 Å². The quantitative estimate of drug-likeness (QED) is 0.742. The molecule has 0 N–H and O–H groups in total. The first-order chi connectivity index (χ1) is 9.22. The molecule has 0 radical (unpaired) electrons. The predicted octanol–water partition coefficient (Wildman–Crippen LogP) is 4.21. The summed E-state index contributed by atoms with van der Waals surface area (Å²) in [6.07, 6.45) is 5.30. The van der Waals surface area contributed by atoms with E-state index in [1.807, 2.05) is 24.3 Å². The molecule has 96 valence electrons. The largest absolute Gasteiger partial charge is 0.196 e. The summed E-state index contributed by atoms with van der Waals surface area (Å²) in [5, 5.41) is 17.2. The maximum atomic E-state index is 12.9. The Morgan fingerprint density at radius 1 is 1.11 bits per heavy atom. The third-order valence-electron chi connectivity index (χ3n) is 3.77. The smallest absolute Gasteiger partial charge is 0.195 e. The van der Waals surface area contributed by atoms with E-state index >= 15 is 0 Å². The van der Waals surface area contributed by atoms with Gasteiger partial charge in [-0.15, -0.1) is 0 Å². The van der Waals surface area contributed by atoms with Crippen LogP contribution in [0.4, 0.5) is 4.39 Å². The van der Waals surface area contributed by atoms with Crippen molar-refractivity contribution in [2.45, 2.75) is 31.6 Å². The van der Waals surface area contributed by atoms with Crippen molar-refractivity contribution >= 4 is 0 Å². The second kappa shape index (κ2) is 6.16. The van der Waals surface area contributed by atoms with Gasteiger partial charge in [0.1, 0.15) is 6.07 Å². The highest BCUT2D eigenvalue weighted by atomic mass is 19.1. The molecule has 1 aromatic carbocycles. The molecule has 0 aromatic heterocycles. The van der Waals surface area contributed by atoms with Gasteiger partial charge in [-0.2, -0.15) is 14.9 Å². The van der Waals surface area contributed by atoms with Crippen LogP contribution in [0, 0.1) is 28.6 Å². The Morgan fingerprint density at radius 2 is 1.74 bits per heavy atom. The first kappa shape index (κ1) is 13.3. The van der Waals surface area contributed by atoms with Crippen LogP contribution in [0.25, 0.3) is 0 Å². The van der Waals surface area contributed by atoms with E-state index in [0.29, 0.717) is 11.5 Å². The zero-order valence-corrected chi connectivity index (χ0v) is 10.6. The summed E-state index contributed by atoms with van der Waals surface area (Å²) in [6.45, 7) is 0. The second-order valence-electron chi connectivity index (χ2n) is 4.97. The molecule has 0 heterocycles. The standard InChI is InChI=1S/C16H15FN2/c17-16(11-19)9-12-1-5-14(6-2-12)15-7-3-13(10-18)4-8-15/h3-4,7-9,12,14H,1-2,5-6H2. The molecule has 1 aliphatic carbocycles. The summed E-state index contributed by atoms with van der Waals surface area (Å²) in [5.74, 6) is 0.0126. The Balaban J connectivity index is 1.96. The Bertz CT molecular complexity index is 538. The van der Waals surface area contributed by atoms with E-state index in [-0.39, 0.29) is 5.92 Å². The Kier molecular flexibility index (Phi) is 4.31. The normalized spacial score (nSPS) is 23.4. The highest BCUT2D eigenvalue weighted by Gasteiger charge is 2.21. The van der Waals surface area contributed by atoms with Crippen LogP contribution in [0.1, 0.15) is 42.7 Å². The number of allylic oxidation sites excluding steroid dienone is 2. The Hall–Kier alpha value is -2.13. The lowest BCUT2D eigenvalue weighted by Gasteiger charge is -2.26.